The standard InChI is InChI=1S/C22H30O4/c1-16-9-11-20(13-17(16)2)26-15-19(23)8-6-5-7-18-10-12-21(24-3)22(14-18)25-4/h9-14,19,23H,5-8,15H2,1-4H3/i3D3,8D2,9D,11D,13D,15D2,19D. The van der Waals surface area contributed by atoms with E-state index in [1.807, 2.05) is 0 Å². The molecule has 1 N–H and O–H groups in total. The fourth-order valence-corrected chi connectivity index (χ4v) is 2.18. The van der Waals surface area contributed by atoms with E-state index in [9.17, 15) is 5.11 Å². The summed E-state index contributed by atoms with van der Waals surface area (Å²) in [5, 5.41) is 10.7. The van der Waals surface area contributed by atoms with Crippen molar-refractivity contribution in [2.24, 2.45) is 0 Å². The lowest BCUT2D eigenvalue weighted by molar-refractivity contribution is 0.0976. The van der Waals surface area contributed by atoms with Crippen molar-refractivity contribution in [1.82, 2.24) is 0 Å². The Bertz CT molecular complexity index is 1100. The lowest BCUT2D eigenvalue weighted by Crippen LogP contribution is -2.17. The highest BCUT2D eigenvalue weighted by molar-refractivity contribution is 5.42. The average molecular weight is 370 g/mol. The van der Waals surface area contributed by atoms with E-state index in [2.05, 4.69) is 0 Å². The van der Waals surface area contributed by atoms with Crippen LogP contribution in [0.25, 0.3) is 0 Å². The van der Waals surface area contributed by atoms with Gasteiger partial charge in [-0.2, -0.15) is 0 Å². The number of aryl methyl sites for hydroxylation is 1. The van der Waals surface area contributed by atoms with E-state index in [0.29, 0.717) is 11.1 Å². The first-order valence-corrected chi connectivity index (χ1v) is 8.10. The summed E-state index contributed by atoms with van der Waals surface area (Å²) in [7, 11) is -1.35. The van der Waals surface area contributed by atoms with Crippen LogP contribution in [-0.4, -0.2) is 31.9 Å². The van der Waals surface area contributed by atoms with E-state index >= 15 is 0 Å². The molecule has 142 valence electrons. The highest BCUT2D eigenvalue weighted by Crippen LogP contribution is 2.28. The molecule has 2 aromatic rings. The van der Waals surface area contributed by atoms with Gasteiger partial charge in [-0.25, -0.2) is 0 Å². The van der Waals surface area contributed by atoms with Crippen LogP contribution in [0.5, 0.6) is 17.2 Å². The van der Waals surface area contributed by atoms with Crippen LogP contribution in [0.2, 0.25) is 0 Å². The van der Waals surface area contributed by atoms with Crippen molar-refractivity contribution in [1.29, 1.82) is 0 Å². The first kappa shape index (κ1) is 9.65. The van der Waals surface area contributed by atoms with Crippen LogP contribution in [0.4, 0.5) is 0 Å². The van der Waals surface area contributed by atoms with Gasteiger partial charge in [0.25, 0.3) is 0 Å². The molecule has 0 radical (unpaired) electrons. The largest absolute Gasteiger partial charge is 0.493 e. The van der Waals surface area contributed by atoms with Crippen LogP contribution in [0.3, 0.4) is 0 Å². The summed E-state index contributed by atoms with van der Waals surface area (Å²) < 4.78 is 102. The van der Waals surface area contributed by atoms with Crippen LogP contribution in [0, 0.1) is 13.8 Å². The van der Waals surface area contributed by atoms with Gasteiger partial charge in [-0.15, -0.1) is 0 Å². The number of hydrogen-bond donors (Lipinski definition) is 1. The van der Waals surface area contributed by atoms with Crippen molar-refractivity contribution < 1.29 is 34.4 Å². The Balaban J connectivity index is 2.19. The fourth-order valence-electron chi connectivity index (χ4n) is 2.18. The molecule has 0 spiro atoms. The van der Waals surface area contributed by atoms with Crippen molar-refractivity contribution in [2.45, 2.75) is 45.6 Å². The monoisotopic (exact) mass is 369 g/mol. The molecule has 1 atom stereocenters. The molecule has 0 aliphatic heterocycles. The highest BCUT2D eigenvalue weighted by Gasteiger charge is 2.07. The zero-order valence-corrected chi connectivity index (χ0v) is 15.0. The Labute approximate surface area is 172 Å². The molecule has 0 bridgehead atoms. The Hall–Kier alpha value is -2.20. The third kappa shape index (κ3) is 5.95. The van der Waals surface area contributed by atoms with E-state index in [1.165, 1.54) is 33.1 Å². The number of rotatable bonds is 10. The predicted molar refractivity (Wildman–Crippen MR) is 105 cm³/mol. The van der Waals surface area contributed by atoms with Crippen molar-refractivity contribution >= 4 is 0 Å². The van der Waals surface area contributed by atoms with Gasteiger partial charge in [0.1, 0.15) is 12.3 Å². The summed E-state index contributed by atoms with van der Waals surface area (Å²) >= 11 is 0. The molecule has 4 nitrogen and oxygen atoms in total. The molecule has 26 heavy (non-hydrogen) atoms. The lowest BCUT2D eigenvalue weighted by atomic mass is 10.0. The molecule has 2 rings (SSSR count). The molecular formula is C22H30O4. The third-order valence-electron chi connectivity index (χ3n) is 3.75. The first-order chi connectivity index (χ1) is 16.8. The highest BCUT2D eigenvalue weighted by atomic mass is 16.5. The first-order valence-electron chi connectivity index (χ1n) is 13.6. The van der Waals surface area contributed by atoms with Crippen LogP contribution >= 0.6 is 0 Å². The number of hydrogen-bond acceptors (Lipinski definition) is 4. The Morgan fingerprint density at radius 2 is 2.04 bits per heavy atom. The number of methoxy groups -OCH3 is 2. The molecule has 0 saturated heterocycles. The summed E-state index contributed by atoms with van der Waals surface area (Å²) in [4.78, 5) is 0. The normalized spacial score (nSPS) is 20.8. The predicted octanol–water partition coefficient (Wildman–Crippen LogP) is 4.47. The lowest BCUT2D eigenvalue weighted by Gasteiger charge is -2.13. The molecular weight excluding hydrogens is 328 g/mol. The summed E-state index contributed by atoms with van der Waals surface area (Å²) in [5.41, 5.74) is 1.21. The number of aliphatic hydroxyl groups is 1. The molecule has 0 aromatic heterocycles. The topological polar surface area (TPSA) is 47.9 Å². The van der Waals surface area contributed by atoms with Gasteiger partial charge in [0.15, 0.2) is 11.5 Å². The van der Waals surface area contributed by atoms with E-state index in [1.54, 1.807) is 6.07 Å². The molecule has 1 unspecified atom stereocenters. The minimum Gasteiger partial charge on any atom is -0.493 e. The molecule has 0 fully saturated rings. The van der Waals surface area contributed by atoms with Gasteiger partial charge < -0.3 is 19.3 Å². The quantitative estimate of drug-likeness (QED) is 0.671. The summed E-state index contributed by atoms with van der Waals surface area (Å²) in [5.74, 6) is -0.513. The van der Waals surface area contributed by atoms with E-state index in [4.69, 9.17) is 29.3 Å². The minimum absolute atomic E-state index is 0.00263. The van der Waals surface area contributed by atoms with Gasteiger partial charge in [0.05, 0.1) is 32.6 Å². The van der Waals surface area contributed by atoms with Crippen molar-refractivity contribution in [3.63, 3.8) is 0 Å². The maximum Gasteiger partial charge on any atom is 0.160 e. The van der Waals surface area contributed by atoms with Crippen LogP contribution in [-0.2, 0) is 6.42 Å². The van der Waals surface area contributed by atoms with E-state index in [-0.39, 0.29) is 35.9 Å². The van der Waals surface area contributed by atoms with E-state index < -0.39 is 50.3 Å². The van der Waals surface area contributed by atoms with Crippen molar-refractivity contribution in [3.8, 4) is 17.2 Å². The van der Waals surface area contributed by atoms with E-state index in [0.717, 1.165) is 0 Å². The zero-order chi connectivity index (χ0) is 28.6. The second-order valence-corrected chi connectivity index (χ2v) is 5.62. The summed E-state index contributed by atoms with van der Waals surface area (Å²) in [6, 6.07) is 3.16. The van der Waals surface area contributed by atoms with Crippen LogP contribution in [0.1, 0.15) is 51.0 Å². The second-order valence-electron chi connectivity index (χ2n) is 5.62. The van der Waals surface area contributed by atoms with Crippen LogP contribution < -0.4 is 14.2 Å². The summed E-state index contributed by atoms with van der Waals surface area (Å²) in [6.45, 7) is -0.372. The molecule has 0 amide bonds. The molecule has 0 aliphatic carbocycles. The zero-order valence-electron chi connectivity index (χ0n) is 26.0. The Morgan fingerprint density at radius 1 is 1.19 bits per heavy atom. The SMILES string of the molecule is [2H]c1c([2H])c(OC([2H])([2H])C([2H])(O)C([2H])([2H])CCCc2ccc(OC([2H])([2H])[2H])c(OC)c2)c([2H])c(C)c1C. The average Bonchev–Trinajstić information content (AvgIpc) is 2.78. The molecule has 2 aromatic carbocycles. The Morgan fingerprint density at radius 3 is 2.81 bits per heavy atom. The maximum absolute atomic E-state index is 10.7. The minimum atomic E-state index is -3.45. The van der Waals surface area contributed by atoms with Gasteiger partial charge in [-0.05, 0) is 74.0 Å². The smallest absolute Gasteiger partial charge is 0.160 e. The van der Waals surface area contributed by atoms with Gasteiger partial charge in [0, 0.05) is 2.74 Å². The van der Waals surface area contributed by atoms with Crippen molar-refractivity contribution in [3.05, 3.63) is 53.0 Å². The summed E-state index contributed by atoms with van der Waals surface area (Å²) in [6.07, 6.45) is -6.48. The fraction of sp³-hybridized carbons (Fsp3) is 0.455. The molecule has 0 heterocycles. The Kier molecular flexibility index (Phi) is 3.74. The molecule has 4 heteroatoms. The van der Waals surface area contributed by atoms with Crippen LogP contribution in [0.15, 0.2) is 36.3 Å². The van der Waals surface area contributed by atoms with Gasteiger partial charge in [-0.1, -0.05) is 18.5 Å². The third-order valence-corrected chi connectivity index (χ3v) is 3.75. The van der Waals surface area contributed by atoms with Gasteiger partial charge in [0.2, 0.25) is 0 Å². The number of benzene rings is 2. The molecule has 0 saturated carbocycles. The number of ether oxygens (including phenoxy) is 3. The maximum atomic E-state index is 10.7. The second kappa shape index (κ2) is 10.1. The van der Waals surface area contributed by atoms with Crippen molar-refractivity contribution in [2.75, 3.05) is 20.7 Å². The molecule has 0 aliphatic rings. The van der Waals surface area contributed by atoms with Gasteiger partial charge in [-0.3, -0.25) is 0 Å². The van der Waals surface area contributed by atoms with Gasteiger partial charge >= 0.3 is 0 Å².